The van der Waals surface area contributed by atoms with E-state index in [4.69, 9.17) is 0 Å². The maximum Gasteiger partial charge on any atom is 0.128 e. The fraction of sp³-hybridized carbons (Fsp3) is 0.444. The summed E-state index contributed by atoms with van der Waals surface area (Å²) in [5.41, 5.74) is 1.54. The number of hydrogen-bond donors (Lipinski definition) is 1. The first-order valence-electron chi connectivity index (χ1n) is 7.90. The van der Waals surface area contributed by atoms with Gasteiger partial charge in [-0.25, -0.2) is 4.39 Å². The molecule has 1 aromatic carbocycles. The zero-order chi connectivity index (χ0) is 15.5. The number of aliphatic hydroxyl groups excluding tert-OH is 1. The second kappa shape index (κ2) is 6.63. The average molecular weight is 302 g/mol. The molecule has 1 aliphatic heterocycles. The fourth-order valence-electron chi connectivity index (χ4n) is 3.24. The van der Waals surface area contributed by atoms with Crippen LogP contribution in [0.25, 0.3) is 0 Å². The van der Waals surface area contributed by atoms with Crippen LogP contribution in [-0.2, 0) is 6.54 Å². The van der Waals surface area contributed by atoms with Crippen molar-refractivity contribution < 1.29 is 9.50 Å². The summed E-state index contributed by atoms with van der Waals surface area (Å²) >= 11 is 0. The van der Waals surface area contributed by atoms with Gasteiger partial charge in [-0.2, -0.15) is 0 Å². The number of benzene rings is 1. The van der Waals surface area contributed by atoms with Crippen molar-refractivity contribution in [3.63, 3.8) is 0 Å². The lowest BCUT2D eigenvalue weighted by molar-refractivity contribution is 0.0602. The molecule has 118 valence electrons. The highest BCUT2D eigenvalue weighted by atomic mass is 19.1. The molecule has 4 heteroatoms. The van der Waals surface area contributed by atoms with Crippen molar-refractivity contribution in [2.45, 2.75) is 25.5 Å². The van der Waals surface area contributed by atoms with E-state index in [-0.39, 0.29) is 11.7 Å². The molecule has 0 aliphatic carbocycles. The van der Waals surface area contributed by atoms with Crippen molar-refractivity contribution in [2.24, 2.45) is 5.92 Å². The Labute approximate surface area is 131 Å². The zero-order valence-corrected chi connectivity index (χ0v) is 13.0. The third-order valence-corrected chi connectivity index (χ3v) is 4.68. The normalized spacial score (nSPS) is 18.5. The quantitative estimate of drug-likeness (QED) is 0.940. The summed E-state index contributed by atoms with van der Waals surface area (Å²) in [6.07, 6.45) is 3.45. The maximum atomic E-state index is 13.8. The molecule has 1 fully saturated rings. The topological polar surface area (TPSA) is 28.4 Å². The molecule has 0 bridgehead atoms. The van der Waals surface area contributed by atoms with Crippen LogP contribution in [0.1, 0.15) is 30.2 Å². The van der Waals surface area contributed by atoms with E-state index in [9.17, 15) is 9.50 Å². The summed E-state index contributed by atoms with van der Waals surface area (Å²) in [6.45, 7) is 2.50. The summed E-state index contributed by atoms with van der Waals surface area (Å²) in [6, 6.07) is 10.7. The standard InChI is InChI=1S/C18H23FN2O/c1-20-11-8-14(9-12-20)18(22)17-7-4-10-21(17)13-15-5-2-3-6-16(15)19/h2-7,10,14,18,22H,8-9,11-13H2,1H3. The van der Waals surface area contributed by atoms with Gasteiger partial charge in [0.05, 0.1) is 12.6 Å². The molecule has 1 aromatic heterocycles. The minimum Gasteiger partial charge on any atom is -0.387 e. The molecule has 1 atom stereocenters. The van der Waals surface area contributed by atoms with Crippen molar-refractivity contribution in [3.8, 4) is 0 Å². The van der Waals surface area contributed by atoms with Gasteiger partial charge < -0.3 is 14.6 Å². The predicted molar refractivity (Wildman–Crippen MR) is 85.1 cm³/mol. The number of hydrogen-bond acceptors (Lipinski definition) is 2. The molecule has 0 radical (unpaired) electrons. The highest BCUT2D eigenvalue weighted by Gasteiger charge is 2.26. The summed E-state index contributed by atoms with van der Waals surface area (Å²) in [7, 11) is 2.11. The van der Waals surface area contributed by atoms with E-state index in [1.165, 1.54) is 6.07 Å². The summed E-state index contributed by atoms with van der Waals surface area (Å²) in [4.78, 5) is 2.29. The molecule has 0 saturated carbocycles. The smallest absolute Gasteiger partial charge is 0.128 e. The SMILES string of the molecule is CN1CCC(C(O)c2cccn2Cc2ccccc2F)CC1. The highest BCUT2D eigenvalue weighted by molar-refractivity contribution is 5.20. The second-order valence-electron chi connectivity index (χ2n) is 6.24. The Balaban J connectivity index is 1.76. The van der Waals surface area contributed by atoms with Crippen molar-refractivity contribution in [3.05, 3.63) is 59.7 Å². The number of aromatic nitrogens is 1. The van der Waals surface area contributed by atoms with Crippen LogP contribution in [0.3, 0.4) is 0 Å². The van der Waals surface area contributed by atoms with Crippen LogP contribution in [0, 0.1) is 11.7 Å². The molecule has 1 aliphatic rings. The lowest BCUT2D eigenvalue weighted by Gasteiger charge is -2.32. The lowest BCUT2D eigenvalue weighted by Crippen LogP contribution is -2.33. The molecular weight excluding hydrogens is 279 g/mol. The first-order chi connectivity index (χ1) is 10.6. The molecule has 1 saturated heterocycles. The Kier molecular flexibility index (Phi) is 4.60. The third-order valence-electron chi connectivity index (χ3n) is 4.68. The van der Waals surface area contributed by atoms with Gasteiger partial charge in [-0.05, 0) is 57.1 Å². The summed E-state index contributed by atoms with van der Waals surface area (Å²) in [5, 5.41) is 10.7. The zero-order valence-electron chi connectivity index (χ0n) is 13.0. The molecule has 2 aromatic rings. The average Bonchev–Trinajstić information content (AvgIpc) is 2.98. The van der Waals surface area contributed by atoms with Gasteiger partial charge in [0.1, 0.15) is 5.82 Å². The first-order valence-corrected chi connectivity index (χ1v) is 7.90. The van der Waals surface area contributed by atoms with Crippen molar-refractivity contribution in [1.29, 1.82) is 0 Å². The van der Waals surface area contributed by atoms with E-state index in [2.05, 4.69) is 11.9 Å². The van der Waals surface area contributed by atoms with Crippen LogP contribution < -0.4 is 0 Å². The van der Waals surface area contributed by atoms with Gasteiger partial charge in [0.15, 0.2) is 0 Å². The number of rotatable bonds is 4. The fourth-order valence-corrected chi connectivity index (χ4v) is 3.24. The lowest BCUT2D eigenvalue weighted by atomic mass is 9.90. The number of piperidine rings is 1. The number of aliphatic hydroxyl groups is 1. The van der Waals surface area contributed by atoms with E-state index in [0.717, 1.165) is 31.6 Å². The van der Waals surface area contributed by atoms with Crippen molar-refractivity contribution in [1.82, 2.24) is 9.47 Å². The molecule has 3 rings (SSSR count). The van der Waals surface area contributed by atoms with Gasteiger partial charge >= 0.3 is 0 Å². The van der Waals surface area contributed by atoms with Gasteiger partial charge in [0.2, 0.25) is 0 Å². The molecule has 1 unspecified atom stereocenters. The van der Waals surface area contributed by atoms with Gasteiger partial charge in [-0.15, -0.1) is 0 Å². The van der Waals surface area contributed by atoms with Crippen LogP contribution in [0.4, 0.5) is 4.39 Å². The Morgan fingerprint density at radius 3 is 2.64 bits per heavy atom. The van der Waals surface area contributed by atoms with E-state index in [1.807, 2.05) is 29.0 Å². The van der Waals surface area contributed by atoms with Crippen LogP contribution >= 0.6 is 0 Å². The molecule has 22 heavy (non-hydrogen) atoms. The molecule has 0 amide bonds. The first kappa shape index (κ1) is 15.3. The molecule has 0 spiro atoms. The van der Waals surface area contributed by atoms with Gasteiger partial charge in [-0.1, -0.05) is 18.2 Å². The number of likely N-dealkylation sites (tertiary alicyclic amines) is 1. The van der Waals surface area contributed by atoms with E-state index in [1.54, 1.807) is 12.1 Å². The Bertz CT molecular complexity index is 617. The van der Waals surface area contributed by atoms with Crippen LogP contribution in [0.15, 0.2) is 42.6 Å². The van der Waals surface area contributed by atoms with Gasteiger partial charge in [0.25, 0.3) is 0 Å². The maximum absolute atomic E-state index is 13.8. The van der Waals surface area contributed by atoms with E-state index < -0.39 is 6.10 Å². The second-order valence-corrected chi connectivity index (χ2v) is 6.24. The van der Waals surface area contributed by atoms with Crippen molar-refractivity contribution in [2.75, 3.05) is 20.1 Å². The van der Waals surface area contributed by atoms with Crippen LogP contribution in [0.2, 0.25) is 0 Å². The number of nitrogens with zero attached hydrogens (tertiary/aromatic N) is 2. The molecule has 3 nitrogen and oxygen atoms in total. The van der Waals surface area contributed by atoms with Gasteiger partial charge in [-0.3, -0.25) is 0 Å². The predicted octanol–water partition coefficient (Wildman–Crippen LogP) is 3.05. The van der Waals surface area contributed by atoms with E-state index in [0.29, 0.717) is 12.1 Å². The Morgan fingerprint density at radius 1 is 1.18 bits per heavy atom. The summed E-state index contributed by atoms with van der Waals surface area (Å²) in [5.74, 6) is 0.0846. The highest BCUT2D eigenvalue weighted by Crippen LogP contribution is 2.31. The largest absolute Gasteiger partial charge is 0.387 e. The van der Waals surface area contributed by atoms with Crippen LogP contribution in [0.5, 0.6) is 0 Å². The van der Waals surface area contributed by atoms with Crippen LogP contribution in [-0.4, -0.2) is 34.7 Å². The number of halogens is 1. The molecular formula is C18H23FN2O. The minimum absolute atomic E-state index is 0.198. The van der Waals surface area contributed by atoms with E-state index >= 15 is 0 Å². The molecule has 1 N–H and O–H groups in total. The van der Waals surface area contributed by atoms with Crippen molar-refractivity contribution >= 4 is 0 Å². The van der Waals surface area contributed by atoms with Gasteiger partial charge in [0, 0.05) is 17.5 Å². The summed E-state index contributed by atoms with van der Waals surface area (Å²) < 4.78 is 15.8. The monoisotopic (exact) mass is 302 g/mol. The third kappa shape index (κ3) is 3.23. The minimum atomic E-state index is -0.476. The Hall–Kier alpha value is -1.65. The Morgan fingerprint density at radius 2 is 1.91 bits per heavy atom. The molecule has 2 heterocycles.